The lowest BCUT2D eigenvalue weighted by atomic mass is 10.2. The second-order valence-corrected chi connectivity index (χ2v) is 6.47. The highest BCUT2D eigenvalue weighted by molar-refractivity contribution is 9.10. The van der Waals surface area contributed by atoms with E-state index in [9.17, 15) is 0 Å². The Hall–Kier alpha value is -0.850. The van der Waals surface area contributed by atoms with E-state index in [1.54, 1.807) is 11.3 Å². The number of nitrogens with zero attached hydrogens (tertiary/aromatic N) is 1. The molecule has 0 atom stereocenters. The molecule has 0 bridgehead atoms. The van der Waals surface area contributed by atoms with Crippen molar-refractivity contribution in [3.05, 3.63) is 39.3 Å². The van der Waals surface area contributed by atoms with Crippen LogP contribution in [0.25, 0.3) is 0 Å². The molecular weight excluding hydrogens is 318 g/mol. The van der Waals surface area contributed by atoms with Crippen molar-refractivity contribution in [3.63, 3.8) is 0 Å². The summed E-state index contributed by atoms with van der Waals surface area (Å²) in [5, 5.41) is 9.58. The third-order valence-corrected chi connectivity index (χ3v) is 4.65. The third kappa shape index (κ3) is 3.08. The van der Waals surface area contributed by atoms with Crippen molar-refractivity contribution < 1.29 is 0 Å². The normalized spacial score (nSPS) is 10.5. The second kappa shape index (κ2) is 5.20. The van der Waals surface area contributed by atoms with Crippen LogP contribution >= 0.6 is 39.0 Å². The number of aryl methyl sites for hydroxylation is 1. The largest absolute Gasteiger partial charge is 0.384 e. The van der Waals surface area contributed by atoms with Crippen LogP contribution in [0.2, 0.25) is 0 Å². The van der Waals surface area contributed by atoms with Gasteiger partial charge in [0.05, 0.1) is 0 Å². The number of aromatic nitrogens is 1. The molecule has 3 nitrogen and oxygen atoms in total. The molecule has 1 aromatic carbocycles. The molecule has 0 unspecified atom stereocenters. The number of thiazole rings is 1. The fourth-order valence-corrected chi connectivity index (χ4v) is 3.56. The summed E-state index contributed by atoms with van der Waals surface area (Å²) in [5.74, 6) is 0.0714. The van der Waals surface area contributed by atoms with E-state index in [-0.39, 0.29) is 5.84 Å². The Kier molecular flexibility index (Phi) is 3.86. The minimum absolute atomic E-state index is 0.0714. The van der Waals surface area contributed by atoms with Crippen molar-refractivity contribution in [1.29, 1.82) is 5.41 Å². The third-order valence-electron chi connectivity index (χ3n) is 2.03. The smallest absolute Gasteiger partial charge is 0.154 e. The number of nitrogen functional groups attached to an aromatic ring is 1. The van der Waals surface area contributed by atoms with Crippen LogP contribution in [0.15, 0.2) is 37.3 Å². The molecular formula is C11H10BrN3S2. The first kappa shape index (κ1) is 12.6. The highest BCUT2D eigenvalue weighted by Crippen LogP contribution is 2.33. The molecule has 3 N–H and O–H groups in total. The Balaban J connectivity index is 2.35. The molecule has 0 saturated carbocycles. The summed E-state index contributed by atoms with van der Waals surface area (Å²) in [6.07, 6.45) is 0. The molecule has 0 fully saturated rings. The number of nitrogens with two attached hydrogens (primary N) is 1. The van der Waals surface area contributed by atoms with E-state index in [0.717, 1.165) is 25.0 Å². The van der Waals surface area contributed by atoms with Crippen LogP contribution in [0.1, 0.15) is 11.3 Å². The lowest BCUT2D eigenvalue weighted by Crippen LogP contribution is -2.12. The van der Waals surface area contributed by atoms with Gasteiger partial charge in [-0.3, -0.25) is 5.41 Å². The number of hydrogen-bond acceptors (Lipinski definition) is 4. The molecule has 0 aliphatic rings. The van der Waals surface area contributed by atoms with E-state index < -0.39 is 0 Å². The van der Waals surface area contributed by atoms with E-state index >= 15 is 0 Å². The molecule has 88 valence electrons. The molecule has 0 aliphatic carbocycles. The number of rotatable bonds is 3. The summed E-state index contributed by atoms with van der Waals surface area (Å²) in [7, 11) is 0. The Morgan fingerprint density at radius 2 is 2.29 bits per heavy atom. The van der Waals surface area contributed by atoms with Crippen LogP contribution in [0.5, 0.6) is 0 Å². The molecule has 0 aliphatic heterocycles. The van der Waals surface area contributed by atoms with Crippen LogP contribution < -0.4 is 5.73 Å². The van der Waals surface area contributed by atoms with Crippen molar-refractivity contribution >= 4 is 44.9 Å². The fraction of sp³-hybridized carbons (Fsp3) is 0.0909. The standard InChI is InChI=1S/C11H10BrN3S2/c1-6-5-16-11(15-6)17-9-3-2-7(12)4-8(9)10(13)14/h2-5H,1H3,(H3,13,14). The van der Waals surface area contributed by atoms with Crippen LogP contribution in [-0.4, -0.2) is 10.8 Å². The lowest BCUT2D eigenvalue weighted by Gasteiger charge is -2.06. The van der Waals surface area contributed by atoms with Gasteiger partial charge >= 0.3 is 0 Å². The summed E-state index contributed by atoms with van der Waals surface area (Å²) in [5.41, 5.74) is 7.32. The van der Waals surface area contributed by atoms with Gasteiger partial charge in [0.1, 0.15) is 5.84 Å². The van der Waals surface area contributed by atoms with Crippen molar-refractivity contribution in [2.24, 2.45) is 5.73 Å². The molecule has 0 spiro atoms. The minimum Gasteiger partial charge on any atom is -0.384 e. The van der Waals surface area contributed by atoms with E-state index in [1.165, 1.54) is 11.8 Å². The maximum absolute atomic E-state index is 7.57. The molecule has 1 aromatic heterocycles. The number of amidine groups is 1. The van der Waals surface area contributed by atoms with E-state index in [1.807, 2.05) is 30.5 Å². The van der Waals surface area contributed by atoms with Gasteiger partial charge < -0.3 is 5.73 Å². The molecule has 0 saturated heterocycles. The molecule has 2 rings (SSSR count). The zero-order valence-electron chi connectivity index (χ0n) is 9.03. The Morgan fingerprint density at radius 3 is 2.88 bits per heavy atom. The number of nitrogens with one attached hydrogen (secondary N) is 1. The van der Waals surface area contributed by atoms with Gasteiger partial charge in [0.15, 0.2) is 4.34 Å². The first-order chi connectivity index (χ1) is 8.06. The van der Waals surface area contributed by atoms with Crippen molar-refractivity contribution in [1.82, 2.24) is 4.98 Å². The van der Waals surface area contributed by atoms with Gasteiger partial charge in [-0.1, -0.05) is 27.7 Å². The Labute approximate surface area is 116 Å². The predicted molar refractivity (Wildman–Crippen MR) is 76.1 cm³/mol. The van der Waals surface area contributed by atoms with Gasteiger partial charge in [0.25, 0.3) is 0 Å². The molecule has 17 heavy (non-hydrogen) atoms. The van der Waals surface area contributed by atoms with Gasteiger partial charge in [-0.05, 0) is 25.1 Å². The molecule has 1 heterocycles. The summed E-state index contributed by atoms with van der Waals surface area (Å²) in [4.78, 5) is 5.34. The molecule has 2 aromatic rings. The summed E-state index contributed by atoms with van der Waals surface area (Å²) >= 11 is 6.52. The topological polar surface area (TPSA) is 62.8 Å². The fourth-order valence-electron chi connectivity index (χ4n) is 1.28. The van der Waals surface area contributed by atoms with Gasteiger partial charge in [0, 0.05) is 26.0 Å². The summed E-state index contributed by atoms with van der Waals surface area (Å²) in [6.45, 7) is 1.97. The van der Waals surface area contributed by atoms with E-state index in [0.29, 0.717) is 0 Å². The maximum Gasteiger partial charge on any atom is 0.154 e. The zero-order chi connectivity index (χ0) is 12.4. The average molecular weight is 328 g/mol. The predicted octanol–water partition coefficient (Wildman–Crippen LogP) is 3.65. The van der Waals surface area contributed by atoms with E-state index in [2.05, 4.69) is 20.9 Å². The molecule has 0 amide bonds. The average Bonchev–Trinajstić information content (AvgIpc) is 2.66. The summed E-state index contributed by atoms with van der Waals surface area (Å²) in [6, 6.07) is 5.74. The SMILES string of the molecule is Cc1csc(Sc2ccc(Br)cc2C(=N)N)n1. The van der Waals surface area contributed by atoms with Crippen LogP contribution in [0.3, 0.4) is 0 Å². The maximum atomic E-state index is 7.57. The van der Waals surface area contributed by atoms with E-state index in [4.69, 9.17) is 11.1 Å². The molecule has 6 heteroatoms. The van der Waals surface area contributed by atoms with Crippen molar-refractivity contribution in [2.75, 3.05) is 0 Å². The Bertz CT molecular complexity index is 566. The summed E-state index contributed by atoms with van der Waals surface area (Å²) < 4.78 is 1.88. The van der Waals surface area contributed by atoms with Crippen LogP contribution in [-0.2, 0) is 0 Å². The zero-order valence-corrected chi connectivity index (χ0v) is 12.2. The lowest BCUT2D eigenvalue weighted by molar-refractivity contribution is 1.16. The molecule has 0 radical (unpaired) electrons. The quantitative estimate of drug-likeness (QED) is 0.668. The minimum atomic E-state index is 0.0714. The Morgan fingerprint density at radius 1 is 1.53 bits per heavy atom. The van der Waals surface area contributed by atoms with Crippen LogP contribution in [0, 0.1) is 12.3 Å². The van der Waals surface area contributed by atoms with Gasteiger partial charge in [-0.15, -0.1) is 11.3 Å². The first-order valence-electron chi connectivity index (χ1n) is 4.80. The van der Waals surface area contributed by atoms with Gasteiger partial charge in [0.2, 0.25) is 0 Å². The number of benzene rings is 1. The highest BCUT2D eigenvalue weighted by atomic mass is 79.9. The number of halogens is 1. The van der Waals surface area contributed by atoms with Crippen molar-refractivity contribution in [3.8, 4) is 0 Å². The van der Waals surface area contributed by atoms with Gasteiger partial charge in [-0.2, -0.15) is 0 Å². The first-order valence-corrected chi connectivity index (χ1v) is 7.29. The monoisotopic (exact) mass is 327 g/mol. The highest BCUT2D eigenvalue weighted by Gasteiger charge is 2.09. The van der Waals surface area contributed by atoms with Gasteiger partial charge in [-0.25, -0.2) is 4.98 Å². The van der Waals surface area contributed by atoms with Crippen molar-refractivity contribution in [2.45, 2.75) is 16.2 Å². The number of hydrogen-bond donors (Lipinski definition) is 2. The van der Waals surface area contributed by atoms with Crippen LogP contribution in [0.4, 0.5) is 0 Å². The second-order valence-electron chi connectivity index (χ2n) is 3.41.